The number of halogens is 5. The van der Waals surface area contributed by atoms with Crippen molar-refractivity contribution < 1.29 is 27.9 Å². The second kappa shape index (κ2) is 13.4. The molecule has 2 N–H and O–H groups in total. The predicted molar refractivity (Wildman–Crippen MR) is 153 cm³/mol. The number of carboxylic acid groups (broad SMARTS) is 1. The molecule has 0 aliphatic carbocycles. The van der Waals surface area contributed by atoms with Crippen LogP contribution in [0, 0.1) is 0 Å². The maximum atomic E-state index is 13.7. The lowest BCUT2D eigenvalue weighted by atomic mass is 10.1. The van der Waals surface area contributed by atoms with Crippen molar-refractivity contribution in [2.24, 2.45) is 0 Å². The average molecular weight is 614 g/mol. The number of aromatic nitrogens is 3. The summed E-state index contributed by atoms with van der Waals surface area (Å²) in [5.74, 6) is -2.73. The molecular formula is C27H28Cl2F3N5O4. The Bertz CT molecular complexity index is 1630. The summed E-state index contributed by atoms with van der Waals surface area (Å²) in [6.07, 6.45) is -3.23. The number of carbonyl (C=O) groups is 2. The lowest BCUT2D eigenvalue weighted by Gasteiger charge is -2.19. The lowest BCUT2D eigenvalue weighted by molar-refractivity contribution is -0.192. The van der Waals surface area contributed by atoms with Crippen LogP contribution in [0.1, 0.15) is 13.8 Å². The van der Waals surface area contributed by atoms with Crippen LogP contribution in [-0.4, -0.2) is 68.9 Å². The third-order valence-electron chi connectivity index (χ3n) is 6.28. The molecule has 0 aliphatic rings. The normalized spacial score (nSPS) is 11.4. The molecule has 9 nitrogen and oxygen atoms in total. The van der Waals surface area contributed by atoms with Gasteiger partial charge in [-0.05, 0) is 39.1 Å². The third kappa shape index (κ3) is 7.19. The molecule has 4 aromatic rings. The lowest BCUT2D eigenvalue weighted by Crippen LogP contribution is -2.33. The molecule has 2 aromatic heterocycles. The van der Waals surface area contributed by atoms with E-state index < -0.39 is 12.1 Å². The summed E-state index contributed by atoms with van der Waals surface area (Å²) in [6, 6.07) is 11.1. The molecule has 0 saturated carbocycles. The molecule has 0 fully saturated rings. The van der Waals surface area contributed by atoms with Crippen molar-refractivity contribution in [3.05, 3.63) is 63.0 Å². The first-order valence-corrected chi connectivity index (χ1v) is 13.3. The molecule has 0 unspecified atom stereocenters. The van der Waals surface area contributed by atoms with Crippen LogP contribution >= 0.6 is 23.2 Å². The first-order chi connectivity index (χ1) is 19.3. The fourth-order valence-corrected chi connectivity index (χ4v) is 4.56. The number of rotatable bonds is 8. The Morgan fingerprint density at radius 3 is 2.27 bits per heavy atom. The third-order valence-corrected chi connectivity index (χ3v) is 7.00. The molecule has 0 radical (unpaired) electrons. The van der Waals surface area contributed by atoms with Gasteiger partial charge in [-0.2, -0.15) is 13.2 Å². The zero-order valence-electron chi connectivity index (χ0n) is 22.4. The van der Waals surface area contributed by atoms with Crippen LogP contribution in [0.15, 0.2) is 47.4 Å². The monoisotopic (exact) mass is 613 g/mol. The van der Waals surface area contributed by atoms with Crippen molar-refractivity contribution in [1.29, 1.82) is 0 Å². The van der Waals surface area contributed by atoms with E-state index in [-0.39, 0.29) is 18.0 Å². The van der Waals surface area contributed by atoms with Crippen LogP contribution in [0.25, 0.3) is 33.2 Å². The van der Waals surface area contributed by atoms with Gasteiger partial charge in [-0.25, -0.2) is 9.78 Å². The van der Waals surface area contributed by atoms with E-state index in [0.29, 0.717) is 58.5 Å². The largest absolute Gasteiger partial charge is 0.490 e. The molecule has 2 heterocycles. The smallest absolute Gasteiger partial charge is 0.475 e. The fraction of sp³-hybridized carbons (Fsp3) is 0.333. The standard InChI is InChI=1S/C25H27Cl2N5O2.C2HF3O2/c1-4-30(5-2)23(33)15-31-14-17(16-8-6-7-9-21(16)31)24-25(34)32(11-10-28-3)22-13-19(27)18(26)12-20(22)29-24;3-2(4,5)1(6)7/h6-9,12-14,28H,4-5,10-11,15H2,1-3H3;(H,6,7). The van der Waals surface area contributed by atoms with Crippen molar-refractivity contribution in [3.63, 3.8) is 0 Å². The van der Waals surface area contributed by atoms with E-state index in [1.54, 1.807) is 21.6 Å². The number of likely N-dealkylation sites (N-methyl/N-ethyl adjacent to an activating group) is 2. The Morgan fingerprint density at radius 2 is 1.68 bits per heavy atom. The van der Waals surface area contributed by atoms with Crippen molar-refractivity contribution in [3.8, 4) is 11.3 Å². The summed E-state index contributed by atoms with van der Waals surface area (Å²) in [7, 11) is 1.83. The number of carbonyl (C=O) groups excluding carboxylic acids is 1. The summed E-state index contributed by atoms with van der Waals surface area (Å²) >= 11 is 12.5. The Kier molecular flexibility index (Phi) is 10.4. The average Bonchev–Trinajstić information content (AvgIpc) is 3.27. The molecule has 2 aromatic carbocycles. The summed E-state index contributed by atoms with van der Waals surface area (Å²) in [5.41, 5.74) is 2.84. The SMILES string of the molecule is CCN(CC)C(=O)Cn1cc(-c2nc3cc(Cl)c(Cl)cc3n(CCNC)c2=O)c2ccccc21.O=C(O)C(F)(F)F. The first kappa shape index (κ1) is 31.9. The number of amides is 1. The van der Waals surface area contributed by atoms with Gasteiger partial charge in [0.15, 0.2) is 0 Å². The van der Waals surface area contributed by atoms with Crippen LogP contribution in [0.5, 0.6) is 0 Å². The van der Waals surface area contributed by atoms with E-state index in [2.05, 4.69) is 5.32 Å². The number of carboxylic acids is 1. The molecule has 14 heteroatoms. The summed E-state index contributed by atoms with van der Waals surface area (Å²) in [6.45, 7) is 6.44. The molecule has 0 atom stereocenters. The maximum absolute atomic E-state index is 13.7. The molecule has 1 amide bonds. The first-order valence-electron chi connectivity index (χ1n) is 12.5. The zero-order valence-corrected chi connectivity index (χ0v) is 23.9. The number of alkyl halides is 3. The highest BCUT2D eigenvalue weighted by molar-refractivity contribution is 6.42. The number of hydrogen-bond acceptors (Lipinski definition) is 5. The molecule has 0 saturated heterocycles. The number of nitrogens with zero attached hydrogens (tertiary/aromatic N) is 4. The van der Waals surface area contributed by atoms with E-state index in [1.807, 2.05) is 55.9 Å². The minimum Gasteiger partial charge on any atom is -0.475 e. The molecule has 220 valence electrons. The van der Waals surface area contributed by atoms with Crippen LogP contribution in [0.2, 0.25) is 10.0 Å². The Morgan fingerprint density at radius 1 is 1.07 bits per heavy atom. The number of benzene rings is 2. The quantitative estimate of drug-likeness (QED) is 0.288. The second-order valence-electron chi connectivity index (χ2n) is 8.83. The van der Waals surface area contributed by atoms with Gasteiger partial charge in [-0.3, -0.25) is 9.59 Å². The van der Waals surface area contributed by atoms with E-state index in [1.165, 1.54) is 0 Å². The van der Waals surface area contributed by atoms with Gasteiger partial charge >= 0.3 is 12.1 Å². The number of nitrogens with one attached hydrogen (secondary N) is 1. The van der Waals surface area contributed by atoms with E-state index in [4.69, 9.17) is 38.1 Å². The van der Waals surface area contributed by atoms with E-state index in [9.17, 15) is 22.8 Å². The molecule has 41 heavy (non-hydrogen) atoms. The number of hydrogen-bond donors (Lipinski definition) is 2. The number of para-hydroxylation sites is 1. The van der Waals surface area contributed by atoms with Gasteiger partial charge in [0.25, 0.3) is 5.56 Å². The summed E-state index contributed by atoms with van der Waals surface area (Å²) in [5, 5.41) is 11.8. The van der Waals surface area contributed by atoms with Crippen molar-refractivity contribution in [2.45, 2.75) is 33.1 Å². The minimum absolute atomic E-state index is 0.0247. The van der Waals surface area contributed by atoms with Crippen LogP contribution in [0.4, 0.5) is 13.2 Å². The molecule has 4 rings (SSSR count). The van der Waals surface area contributed by atoms with Gasteiger partial charge < -0.3 is 24.5 Å². The fourth-order valence-electron chi connectivity index (χ4n) is 4.25. The Labute approximate surface area is 243 Å². The van der Waals surface area contributed by atoms with Crippen molar-refractivity contribution in [1.82, 2.24) is 24.3 Å². The minimum atomic E-state index is -5.08. The van der Waals surface area contributed by atoms with Crippen molar-refractivity contribution in [2.75, 3.05) is 26.7 Å². The van der Waals surface area contributed by atoms with E-state index in [0.717, 1.165) is 10.9 Å². The van der Waals surface area contributed by atoms with Gasteiger partial charge in [-0.1, -0.05) is 41.4 Å². The molecule has 0 bridgehead atoms. The predicted octanol–water partition coefficient (Wildman–Crippen LogP) is 5.05. The van der Waals surface area contributed by atoms with Crippen molar-refractivity contribution >= 4 is 57.0 Å². The van der Waals surface area contributed by atoms with E-state index >= 15 is 0 Å². The molecular weight excluding hydrogens is 586 g/mol. The topological polar surface area (TPSA) is 109 Å². The van der Waals surface area contributed by atoms with Crippen LogP contribution in [-0.2, 0) is 22.7 Å². The maximum Gasteiger partial charge on any atom is 0.490 e. The molecule has 0 aliphatic heterocycles. The highest BCUT2D eigenvalue weighted by atomic mass is 35.5. The van der Waals surface area contributed by atoms with Crippen LogP contribution in [0.3, 0.4) is 0 Å². The zero-order chi connectivity index (χ0) is 30.5. The van der Waals surface area contributed by atoms with Gasteiger partial charge in [0.1, 0.15) is 12.2 Å². The van der Waals surface area contributed by atoms with Gasteiger partial charge in [0.2, 0.25) is 5.91 Å². The van der Waals surface area contributed by atoms with Gasteiger partial charge in [-0.15, -0.1) is 0 Å². The highest BCUT2D eigenvalue weighted by Gasteiger charge is 2.38. The Hall–Kier alpha value is -3.61. The second-order valence-corrected chi connectivity index (χ2v) is 9.65. The molecule has 0 spiro atoms. The number of aliphatic carboxylic acids is 1. The van der Waals surface area contributed by atoms with Gasteiger partial charge in [0, 0.05) is 48.8 Å². The highest BCUT2D eigenvalue weighted by Crippen LogP contribution is 2.31. The number of fused-ring (bicyclic) bond motifs is 2. The Balaban J connectivity index is 0.000000587. The van der Waals surface area contributed by atoms with Crippen LogP contribution < -0.4 is 10.9 Å². The summed E-state index contributed by atoms with van der Waals surface area (Å²) < 4.78 is 35.3. The van der Waals surface area contributed by atoms with Gasteiger partial charge in [0.05, 0.1) is 21.1 Å². The summed E-state index contributed by atoms with van der Waals surface area (Å²) in [4.78, 5) is 41.9.